The largest absolute Gasteiger partial charge is 0.480 e. The molecule has 5 aliphatic heterocycles. The van der Waals surface area contributed by atoms with Gasteiger partial charge in [0.05, 0.1) is 34.5 Å². The molecule has 6 aliphatic rings. The molecule has 4 atom stereocenters. The number of ether oxygens (including phenoxy) is 1. The molecule has 11 rings (SSSR count). The van der Waals surface area contributed by atoms with E-state index in [-0.39, 0.29) is 47.8 Å². The third-order valence-corrected chi connectivity index (χ3v) is 16.5. The molecule has 4 aromatic heterocycles. The number of nitrogens with one attached hydrogen (secondary N) is 2. The zero-order chi connectivity index (χ0) is 50.0. The van der Waals surface area contributed by atoms with E-state index in [2.05, 4.69) is 55.2 Å². The molecule has 358 valence electrons. The summed E-state index contributed by atoms with van der Waals surface area (Å²) in [6.45, 7) is 8.38. The van der Waals surface area contributed by atoms with Crippen LogP contribution in [0.15, 0.2) is 61.1 Å². The van der Waals surface area contributed by atoms with Crippen molar-refractivity contribution in [2.45, 2.75) is 109 Å². The Kier molecular flexibility index (Phi) is 11.1. The minimum atomic E-state index is -2.78. The molecule has 9 heterocycles. The molecule has 3 fully saturated rings. The molecule has 1 aromatic carbocycles. The van der Waals surface area contributed by atoms with Crippen LogP contribution in [-0.2, 0) is 42.0 Å². The second-order valence-electron chi connectivity index (χ2n) is 19.2. The summed E-state index contributed by atoms with van der Waals surface area (Å²) in [6.07, 6.45) is 12.5. The van der Waals surface area contributed by atoms with Crippen LogP contribution in [0, 0.1) is 0 Å². The van der Waals surface area contributed by atoms with Gasteiger partial charge in [0.2, 0.25) is 17.7 Å². The van der Waals surface area contributed by atoms with Gasteiger partial charge >= 0.3 is 0 Å². The minimum Gasteiger partial charge on any atom is -0.480 e. The summed E-state index contributed by atoms with van der Waals surface area (Å²) in [5.74, 6) is -0.274. The van der Waals surface area contributed by atoms with Crippen LogP contribution in [0.3, 0.4) is 0 Å². The standard InChI is InChI=1S/C52H58N10O6S/c1-30-22-34(15-18-59(30)35-8-10-38-33(23-35)28-62(51(38)66)43-11-13-46(64)57-49(43)65)58-20-21-60(31(2)27-58)36-9-12-45(54-26-36)56-42-24-32(25-55-50(42)68-3)37-14-17-53-48(41(37)29-63)61-19-16-40-39-6-4-5-7-44(39)69-47(40)52(61)67/h8-10,12,14,17,23-26,30-31,34,43,63H,4-7,11,13,15-16,18-22,27-29H2,1-3H3,(H,54,56)(H,57,64,65)/t30-,31+,34?,43+/m1/s1/i3D3. The van der Waals surface area contributed by atoms with Crippen LogP contribution in [0.4, 0.5) is 28.7 Å². The topological polar surface area (TPSA) is 177 Å². The number of methoxy groups -OCH3 is 1. The first-order valence-corrected chi connectivity index (χ1v) is 25.0. The Morgan fingerprint density at radius 3 is 2.49 bits per heavy atom. The van der Waals surface area contributed by atoms with Crippen molar-refractivity contribution in [3.63, 3.8) is 0 Å². The SMILES string of the molecule is [2H]C([2H])([2H])Oc1ncc(-c2ccnc(N3CCc4c(sc5c4CCCC5)C3=O)c2CO)cc1Nc1ccc(N2CCN(C3CCN(c4ccc5c(c4)CN([C@H]4CCC(=O)NC4=O)C5=O)[C@H](C)C3)C[C@@H]2C)cn1. The lowest BCUT2D eigenvalue weighted by atomic mass is 9.92. The third kappa shape index (κ3) is 8.27. The second-order valence-corrected chi connectivity index (χ2v) is 20.4. The van der Waals surface area contributed by atoms with Crippen LogP contribution in [0.1, 0.15) is 104 Å². The zero-order valence-electron chi connectivity index (χ0n) is 41.9. The number of aromatic nitrogens is 3. The van der Waals surface area contributed by atoms with E-state index in [1.165, 1.54) is 22.2 Å². The number of amides is 4. The van der Waals surface area contributed by atoms with Gasteiger partial charge in [-0.25, -0.2) is 15.0 Å². The number of pyridine rings is 3. The van der Waals surface area contributed by atoms with Gasteiger partial charge in [0.15, 0.2) is 0 Å². The fourth-order valence-electron chi connectivity index (χ4n) is 11.7. The van der Waals surface area contributed by atoms with E-state index in [0.29, 0.717) is 59.4 Å². The fraction of sp³-hybridized carbons (Fsp3) is 0.442. The van der Waals surface area contributed by atoms with Gasteiger partial charge in [0.1, 0.15) is 23.4 Å². The van der Waals surface area contributed by atoms with Crippen molar-refractivity contribution in [2.24, 2.45) is 0 Å². The first-order valence-electron chi connectivity index (χ1n) is 25.7. The van der Waals surface area contributed by atoms with Crippen molar-refractivity contribution in [3.8, 4) is 17.0 Å². The zero-order valence-corrected chi connectivity index (χ0v) is 39.7. The summed E-state index contributed by atoms with van der Waals surface area (Å²) in [7, 11) is -2.78. The summed E-state index contributed by atoms with van der Waals surface area (Å²) in [4.78, 5) is 78.2. The van der Waals surface area contributed by atoms with E-state index >= 15 is 0 Å². The van der Waals surface area contributed by atoms with Crippen LogP contribution in [0.25, 0.3) is 11.1 Å². The van der Waals surface area contributed by atoms with E-state index in [9.17, 15) is 24.3 Å². The van der Waals surface area contributed by atoms with E-state index < -0.39 is 25.6 Å². The number of nitrogens with zero attached hydrogens (tertiary/aromatic N) is 8. The molecule has 17 heteroatoms. The summed E-state index contributed by atoms with van der Waals surface area (Å²) >= 11 is 1.60. The third-order valence-electron chi connectivity index (χ3n) is 15.2. The Balaban J connectivity index is 0.742. The first kappa shape index (κ1) is 41.5. The van der Waals surface area contributed by atoms with Gasteiger partial charge in [-0.1, -0.05) is 0 Å². The Morgan fingerprint density at radius 2 is 1.70 bits per heavy atom. The number of piperazine rings is 1. The number of thiophene rings is 1. The molecule has 4 amide bonds. The lowest BCUT2D eigenvalue weighted by Crippen LogP contribution is -2.58. The number of aliphatic hydroxyl groups excluding tert-OH is 1. The summed E-state index contributed by atoms with van der Waals surface area (Å²) in [5, 5.41) is 16.5. The molecule has 3 saturated heterocycles. The molecule has 3 N–H and O–H groups in total. The minimum absolute atomic E-state index is 0.104. The number of carbonyl (C=O) groups excluding carboxylic acids is 4. The number of aliphatic hydroxyl groups is 1. The quantitative estimate of drug-likeness (QED) is 0.134. The maximum Gasteiger partial charge on any atom is 0.269 e. The molecular weight excluding hydrogens is 893 g/mol. The summed E-state index contributed by atoms with van der Waals surface area (Å²) in [5.41, 5.74) is 7.96. The molecule has 0 bridgehead atoms. The van der Waals surface area contributed by atoms with Crippen molar-refractivity contribution in [1.29, 1.82) is 0 Å². The number of hydrogen-bond acceptors (Lipinski definition) is 14. The first-order chi connectivity index (χ1) is 34.7. The van der Waals surface area contributed by atoms with Crippen LogP contribution < -0.4 is 30.1 Å². The number of carbonyl (C=O) groups is 4. The van der Waals surface area contributed by atoms with Crippen LogP contribution in [0.5, 0.6) is 5.88 Å². The van der Waals surface area contributed by atoms with E-state index in [1.54, 1.807) is 39.5 Å². The summed E-state index contributed by atoms with van der Waals surface area (Å²) < 4.78 is 28.9. The van der Waals surface area contributed by atoms with Gasteiger partial charge in [-0.15, -0.1) is 11.3 Å². The number of benzene rings is 1. The number of rotatable bonds is 10. The van der Waals surface area contributed by atoms with Crippen LogP contribution >= 0.6 is 11.3 Å². The van der Waals surface area contributed by atoms with Crippen molar-refractivity contribution in [2.75, 3.05) is 59.8 Å². The predicted molar refractivity (Wildman–Crippen MR) is 265 cm³/mol. The lowest BCUT2D eigenvalue weighted by Gasteiger charge is -2.48. The molecule has 69 heavy (non-hydrogen) atoms. The van der Waals surface area contributed by atoms with Gasteiger partial charge in [-0.3, -0.25) is 34.3 Å². The van der Waals surface area contributed by atoms with Gasteiger partial charge in [0.25, 0.3) is 11.8 Å². The molecule has 0 saturated carbocycles. The highest BCUT2D eigenvalue weighted by Gasteiger charge is 2.40. The Bertz CT molecular complexity index is 2970. The Hall–Kier alpha value is -6.43. The highest BCUT2D eigenvalue weighted by atomic mass is 32.1. The summed E-state index contributed by atoms with van der Waals surface area (Å²) in [6, 6.07) is 13.6. The second kappa shape index (κ2) is 18.5. The average molecular weight is 954 g/mol. The number of fused-ring (bicyclic) bond motifs is 4. The fourth-order valence-corrected chi connectivity index (χ4v) is 13.1. The Morgan fingerprint density at radius 1 is 0.841 bits per heavy atom. The molecular formula is C52H58N10O6S. The molecule has 5 aromatic rings. The van der Waals surface area contributed by atoms with Gasteiger partial charge in [-0.05, 0) is 130 Å². The normalized spacial score (nSPS) is 23.7. The molecule has 1 unspecified atom stereocenters. The average Bonchev–Trinajstić information content (AvgIpc) is 3.91. The van der Waals surface area contributed by atoms with Crippen LogP contribution in [0.2, 0.25) is 0 Å². The van der Waals surface area contributed by atoms with E-state index in [0.717, 1.165) is 92.9 Å². The number of imide groups is 1. The highest BCUT2D eigenvalue weighted by Crippen LogP contribution is 2.41. The van der Waals surface area contributed by atoms with Crippen molar-refractivity contribution < 1.29 is 33.1 Å². The van der Waals surface area contributed by atoms with E-state index in [4.69, 9.17) is 13.8 Å². The van der Waals surface area contributed by atoms with Crippen molar-refractivity contribution in [3.05, 3.63) is 98.6 Å². The number of anilines is 5. The number of hydrogen-bond donors (Lipinski definition) is 3. The van der Waals surface area contributed by atoms with Gasteiger partial charge < -0.3 is 29.9 Å². The predicted octanol–water partition coefficient (Wildman–Crippen LogP) is 6.26. The monoisotopic (exact) mass is 953 g/mol. The Labute approximate surface area is 409 Å². The van der Waals surface area contributed by atoms with Gasteiger partial charge in [-0.2, -0.15) is 0 Å². The van der Waals surface area contributed by atoms with Gasteiger partial charge in [0, 0.05) is 103 Å². The number of aryl methyl sites for hydroxylation is 1. The number of piperidine rings is 2. The molecule has 0 radical (unpaired) electrons. The molecule has 1 aliphatic carbocycles. The van der Waals surface area contributed by atoms with Crippen LogP contribution in [-0.4, -0.2) is 117 Å². The van der Waals surface area contributed by atoms with E-state index in [1.807, 2.05) is 30.5 Å². The smallest absolute Gasteiger partial charge is 0.269 e. The lowest BCUT2D eigenvalue weighted by molar-refractivity contribution is -0.136. The maximum absolute atomic E-state index is 14.0. The highest BCUT2D eigenvalue weighted by molar-refractivity contribution is 7.14. The molecule has 16 nitrogen and oxygen atoms in total. The van der Waals surface area contributed by atoms with Crippen molar-refractivity contribution in [1.82, 2.24) is 30.1 Å². The molecule has 0 spiro atoms. The maximum atomic E-state index is 14.0. The van der Waals surface area contributed by atoms with Crippen molar-refractivity contribution >= 4 is 63.7 Å².